The number of aromatic nitrogens is 2. The molecule has 0 bridgehead atoms. The van der Waals surface area contributed by atoms with Crippen molar-refractivity contribution >= 4 is 52.3 Å². The minimum Gasteiger partial charge on any atom is -0.485 e. The lowest BCUT2D eigenvalue weighted by Crippen LogP contribution is -2.31. The number of halogens is 6. The molecule has 0 aliphatic carbocycles. The third-order valence-electron chi connectivity index (χ3n) is 9.76. The van der Waals surface area contributed by atoms with Gasteiger partial charge in [-0.3, -0.25) is 24.6 Å². The normalized spacial score (nSPS) is 16.2. The summed E-state index contributed by atoms with van der Waals surface area (Å²) in [6.07, 6.45) is -6.67. The fraction of sp³-hybridized carbons (Fsp3) is 0.475. The van der Waals surface area contributed by atoms with Crippen LogP contribution in [0.25, 0.3) is 0 Å². The molecule has 2 fully saturated rings. The number of nitrogens with one attached hydrogen (secondary N) is 8. The molecule has 3 aromatic rings. The van der Waals surface area contributed by atoms with Crippen LogP contribution in [-0.2, 0) is 21.9 Å². The van der Waals surface area contributed by atoms with Gasteiger partial charge in [0.15, 0.2) is 17.5 Å². The smallest absolute Gasteiger partial charge is 0.416 e. The second-order valence-corrected chi connectivity index (χ2v) is 14.8. The SMILES string of the molecule is CCCCCC(=O)Nc1cc(C(F)(F)F)cc(NC(=O)c2cc(C(=O)Nc3cc(C(F)(F)F)cc(NC(=O)CCCCNC(=N)N)c3O[C@@H]3CCNC3)ncn2)c1O[C@@H]1CCNC1. The van der Waals surface area contributed by atoms with Crippen LogP contribution >= 0.6 is 0 Å². The molecule has 0 radical (unpaired) electrons. The first-order valence-electron chi connectivity index (χ1n) is 20.3. The average Bonchev–Trinajstić information content (AvgIpc) is 3.94. The fourth-order valence-corrected chi connectivity index (χ4v) is 6.57. The van der Waals surface area contributed by atoms with E-state index in [1.54, 1.807) is 0 Å². The Bertz CT molecular complexity index is 2130. The molecule has 1 aromatic heterocycles. The number of benzene rings is 2. The van der Waals surface area contributed by atoms with Gasteiger partial charge in [0.05, 0.1) is 33.9 Å². The van der Waals surface area contributed by atoms with E-state index in [0.29, 0.717) is 82.5 Å². The highest BCUT2D eigenvalue weighted by Crippen LogP contribution is 2.43. The Hall–Kier alpha value is -6.23. The van der Waals surface area contributed by atoms with E-state index in [0.717, 1.165) is 18.8 Å². The second-order valence-electron chi connectivity index (χ2n) is 14.8. The largest absolute Gasteiger partial charge is 0.485 e. The van der Waals surface area contributed by atoms with E-state index < -0.39 is 82.1 Å². The molecule has 17 nitrogen and oxygen atoms in total. The zero-order chi connectivity index (χ0) is 45.7. The number of nitrogens with two attached hydrogens (primary N) is 1. The van der Waals surface area contributed by atoms with Crippen molar-refractivity contribution in [3.63, 3.8) is 0 Å². The fourth-order valence-electron chi connectivity index (χ4n) is 6.57. The van der Waals surface area contributed by atoms with Crippen LogP contribution in [0, 0.1) is 5.41 Å². The first kappa shape index (κ1) is 47.8. The number of hydrogen-bond acceptors (Lipinski definition) is 11. The van der Waals surface area contributed by atoms with Crippen LogP contribution in [0.4, 0.5) is 49.1 Å². The number of carbonyl (C=O) groups excluding carboxylic acids is 4. The van der Waals surface area contributed by atoms with Crippen LogP contribution in [-0.4, -0.2) is 84.5 Å². The Morgan fingerprint density at radius 2 is 1.13 bits per heavy atom. The van der Waals surface area contributed by atoms with E-state index >= 15 is 0 Å². The third-order valence-corrected chi connectivity index (χ3v) is 9.76. The predicted molar refractivity (Wildman–Crippen MR) is 220 cm³/mol. The number of hydrogen-bond donors (Lipinski definition) is 9. The molecule has 23 heteroatoms. The average molecular weight is 894 g/mol. The Morgan fingerprint density at radius 1 is 0.698 bits per heavy atom. The summed E-state index contributed by atoms with van der Waals surface area (Å²) in [5.41, 5.74) is 0.0434. The van der Waals surface area contributed by atoms with Crippen molar-refractivity contribution in [2.24, 2.45) is 5.73 Å². The van der Waals surface area contributed by atoms with Gasteiger partial charge in [-0.2, -0.15) is 26.3 Å². The molecule has 3 heterocycles. The molecule has 4 amide bonds. The van der Waals surface area contributed by atoms with Gasteiger partial charge in [-0.25, -0.2) is 9.97 Å². The van der Waals surface area contributed by atoms with E-state index in [-0.39, 0.29) is 54.6 Å². The highest BCUT2D eigenvalue weighted by Gasteiger charge is 2.36. The zero-order valence-corrected chi connectivity index (χ0v) is 34.2. The molecule has 5 rings (SSSR count). The van der Waals surface area contributed by atoms with Gasteiger partial charge in [0.2, 0.25) is 11.8 Å². The van der Waals surface area contributed by atoms with Crippen LogP contribution in [0.1, 0.15) is 96.8 Å². The first-order valence-corrected chi connectivity index (χ1v) is 20.3. The van der Waals surface area contributed by atoms with Crippen molar-refractivity contribution in [2.45, 2.75) is 89.3 Å². The predicted octanol–water partition coefficient (Wildman–Crippen LogP) is 5.61. The lowest BCUT2D eigenvalue weighted by molar-refractivity contribution is -0.138. The minimum atomic E-state index is -4.96. The molecular formula is C40H49F6N11O6. The maximum absolute atomic E-state index is 14.3. The number of anilines is 4. The third kappa shape index (κ3) is 14.1. The van der Waals surface area contributed by atoms with Crippen LogP contribution in [0.2, 0.25) is 0 Å². The molecule has 63 heavy (non-hydrogen) atoms. The Kier molecular flexibility index (Phi) is 16.5. The van der Waals surface area contributed by atoms with E-state index in [9.17, 15) is 45.5 Å². The number of amides is 4. The van der Waals surface area contributed by atoms with E-state index in [1.807, 2.05) is 6.92 Å². The Labute approximate surface area is 357 Å². The van der Waals surface area contributed by atoms with Crippen molar-refractivity contribution in [3.8, 4) is 11.5 Å². The molecule has 2 aromatic carbocycles. The maximum Gasteiger partial charge on any atom is 0.416 e. The maximum atomic E-state index is 14.3. The van der Waals surface area contributed by atoms with Gasteiger partial charge >= 0.3 is 12.4 Å². The molecule has 0 spiro atoms. The van der Waals surface area contributed by atoms with Gasteiger partial charge in [0, 0.05) is 38.5 Å². The number of rotatable bonds is 19. The van der Waals surface area contributed by atoms with Gasteiger partial charge < -0.3 is 52.4 Å². The Balaban J connectivity index is 1.44. The molecule has 342 valence electrons. The number of guanidine groups is 1. The molecule has 2 atom stereocenters. The summed E-state index contributed by atoms with van der Waals surface area (Å²) in [6, 6.07) is 3.50. The highest BCUT2D eigenvalue weighted by atomic mass is 19.4. The highest BCUT2D eigenvalue weighted by molar-refractivity contribution is 6.09. The van der Waals surface area contributed by atoms with E-state index in [4.69, 9.17) is 20.6 Å². The molecule has 2 aliphatic heterocycles. The molecule has 2 aliphatic rings. The molecular weight excluding hydrogens is 844 g/mol. The zero-order valence-electron chi connectivity index (χ0n) is 34.2. The summed E-state index contributed by atoms with van der Waals surface area (Å²) >= 11 is 0. The van der Waals surface area contributed by atoms with Crippen molar-refractivity contribution in [1.29, 1.82) is 5.41 Å². The summed E-state index contributed by atoms with van der Waals surface area (Å²) in [4.78, 5) is 61.0. The lowest BCUT2D eigenvalue weighted by atomic mass is 10.1. The van der Waals surface area contributed by atoms with Gasteiger partial charge in [-0.1, -0.05) is 19.8 Å². The summed E-state index contributed by atoms with van der Waals surface area (Å²) in [5.74, 6) is -4.29. The summed E-state index contributed by atoms with van der Waals surface area (Å²) in [6.45, 7) is 3.91. The van der Waals surface area contributed by atoms with Crippen LogP contribution in [0.3, 0.4) is 0 Å². The number of carbonyl (C=O) groups is 4. The second kappa shape index (κ2) is 21.7. The van der Waals surface area contributed by atoms with Crippen LogP contribution in [0.5, 0.6) is 11.5 Å². The number of ether oxygens (including phenoxy) is 2. The minimum absolute atomic E-state index is 0.0198. The summed E-state index contributed by atoms with van der Waals surface area (Å²) in [7, 11) is 0. The summed E-state index contributed by atoms with van der Waals surface area (Å²) < 4.78 is 97.6. The van der Waals surface area contributed by atoms with E-state index in [1.165, 1.54) is 0 Å². The van der Waals surface area contributed by atoms with Crippen molar-refractivity contribution in [2.75, 3.05) is 54.0 Å². The Morgan fingerprint density at radius 3 is 1.51 bits per heavy atom. The van der Waals surface area contributed by atoms with Crippen molar-refractivity contribution < 1.29 is 55.0 Å². The molecule has 10 N–H and O–H groups in total. The van der Waals surface area contributed by atoms with Crippen LogP contribution in [0.15, 0.2) is 36.7 Å². The van der Waals surface area contributed by atoms with Gasteiger partial charge in [-0.15, -0.1) is 0 Å². The van der Waals surface area contributed by atoms with Crippen LogP contribution < -0.4 is 52.4 Å². The number of nitrogens with zero attached hydrogens (tertiary/aromatic N) is 2. The molecule has 0 unspecified atom stereocenters. The first-order chi connectivity index (χ1) is 29.9. The molecule has 2 saturated heterocycles. The topological polar surface area (TPSA) is 247 Å². The van der Waals surface area contributed by atoms with E-state index in [2.05, 4.69) is 47.2 Å². The number of alkyl halides is 6. The number of unbranched alkanes of at least 4 members (excludes halogenated alkanes) is 3. The van der Waals surface area contributed by atoms with Gasteiger partial charge in [0.1, 0.15) is 29.9 Å². The lowest BCUT2D eigenvalue weighted by Gasteiger charge is -2.22. The van der Waals surface area contributed by atoms with Gasteiger partial charge in [-0.05, 0) is 69.5 Å². The summed E-state index contributed by atoms with van der Waals surface area (Å²) in [5, 5.41) is 25.6. The van der Waals surface area contributed by atoms with Gasteiger partial charge in [0.25, 0.3) is 11.8 Å². The van der Waals surface area contributed by atoms with Crippen molar-refractivity contribution in [3.05, 3.63) is 59.2 Å². The monoisotopic (exact) mass is 893 g/mol. The standard InChI is InChI=1S/C40H49F6N11O6/c1-2-3-4-7-32(58)54-26-14-22(39(41,42)43)16-28(34(26)62-24-9-12-49-19-24)56-36(60)30-18-31(53-21-52-30)37(61)57-29-17-23(40(44,45)46)15-27(35(29)63-25-10-13-50-20-25)55-33(59)8-5-6-11-51-38(47)48/h14-18,21,24-25,49-50H,2-13,19-20H2,1H3,(H,54,58)(H,55,59)(H,56,60)(H,57,61)(H4,47,48,51)/t24-,25-/m1/s1. The quantitative estimate of drug-likeness (QED) is 0.0309. The molecule has 0 saturated carbocycles. The van der Waals surface area contributed by atoms with Crippen molar-refractivity contribution in [1.82, 2.24) is 25.9 Å².